The number of hydrogen-bond acceptors (Lipinski definition) is 13. The molecule has 4 N–H and O–H groups in total. The zero-order chi connectivity index (χ0) is 47.0. The molecule has 3 fully saturated rings. The molecule has 0 radical (unpaired) electrons. The number of nitrogens with two attached hydrogens (primary N) is 1. The lowest BCUT2D eigenvalue weighted by molar-refractivity contribution is -0.136. The zero-order valence-electron chi connectivity index (χ0n) is 38.6. The second-order valence-electron chi connectivity index (χ2n) is 18.3. The predicted octanol–water partition coefficient (Wildman–Crippen LogP) is 6.28. The molecule has 5 amide bonds. The summed E-state index contributed by atoms with van der Waals surface area (Å²) in [6.07, 6.45) is 11.5. The van der Waals surface area contributed by atoms with E-state index in [2.05, 4.69) is 30.4 Å². The topological polar surface area (TPSA) is 201 Å². The Morgan fingerprint density at radius 3 is 2.25 bits per heavy atom. The Balaban J connectivity index is 0.649. The van der Waals surface area contributed by atoms with Crippen molar-refractivity contribution in [3.63, 3.8) is 0 Å². The number of piperidine rings is 2. The van der Waals surface area contributed by atoms with Crippen molar-refractivity contribution in [2.24, 2.45) is 0 Å². The maximum absolute atomic E-state index is 13.6. The summed E-state index contributed by atoms with van der Waals surface area (Å²) < 4.78 is 7.96. The number of ether oxygens (including phenoxy) is 1. The number of likely N-dealkylation sites (tertiary alicyclic amines) is 1. The Kier molecular flexibility index (Phi) is 14.7. The van der Waals surface area contributed by atoms with Crippen molar-refractivity contribution in [1.29, 1.82) is 0 Å². The Hall–Kier alpha value is -6.72. The van der Waals surface area contributed by atoms with Crippen molar-refractivity contribution in [2.45, 2.75) is 89.1 Å². The first-order valence-electron chi connectivity index (χ1n) is 24.3. The summed E-state index contributed by atoms with van der Waals surface area (Å²) in [4.78, 5) is 81.1. The van der Waals surface area contributed by atoms with Crippen molar-refractivity contribution >= 4 is 52.1 Å². The lowest BCUT2D eigenvalue weighted by Gasteiger charge is -2.35. The van der Waals surface area contributed by atoms with Crippen LogP contribution in [0.2, 0.25) is 0 Å². The number of nitrogens with one attached hydrogen (secondary N) is 2. The minimum atomic E-state index is -0.975. The molecule has 5 aromatic rings. The molecular formula is C51H61N11O6. The van der Waals surface area contributed by atoms with Gasteiger partial charge in [0.1, 0.15) is 35.4 Å². The number of anilines is 2. The number of hydrogen-bond donors (Lipinski definition) is 3. The van der Waals surface area contributed by atoms with Gasteiger partial charge >= 0.3 is 0 Å². The number of benzene rings is 3. The van der Waals surface area contributed by atoms with E-state index in [0.29, 0.717) is 53.3 Å². The zero-order valence-corrected chi connectivity index (χ0v) is 38.6. The van der Waals surface area contributed by atoms with Crippen LogP contribution >= 0.6 is 0 Å². The van der Waals surface area contributed by atoms with Gasteiger partial charge in [-0.25, -0.2) is 14.6 Å². The van der Waals surface area contributed by atoms with E-state index in [-0.39, 0.29) is 30.4 Å². The molecule has 356 valence electrons. The molecule has 3 saturated heterocycles. The molecule has 17 nitrogen and oxygen atoms in total. The minimum absolute atomic E-state index is 0.0243. The van der Waals surface area contributed by atoms with Crippen LogP contribution in [0.1, 0.15) is 104 Å². The third-order valence-corrected chi connectivity index (χ3v) is 13.7. The average molecular weight is 924 g/mol. The summed E-state index contributed by atoms with van der Waals surface area (Å²) in [5.74, 6) is 0.0662. The molecule has 0 bridgehead atoms. The van der Waals surface area contributed by atoms with E-state index in [4.69, 9.17) is 15.6 Å². The standard InChI is InChI=1S/C51H61N11O6/c52-47-45-46(35-19-21-38(22-20-35)68-37-14-6-5-7-15-37)57-62(48(45)55-34-54-47)36-13-11-28-60(33-36)43(64)18-12-27-59-31-29-58(30-32-59)26-9-4-2-1-3-8-25-53-40-17-10-16-39-44(40)51(67)61(50(39)66)41-23-24-42(63)56-49(41)65/h5-7,10,14-17,19-22,34,36,41,53H,1-4,8-9,11-13,18,23-33H2,(H2,52,54,55)(H,56,63,65)/t36-,41?/m1/s1. The van der Waals surface area contributed by atoms with E-state index < -0.39 is 29.7 Å². The summed E-state index contributed by atoms with van der Waals surface area (Å²) in [7, 11) is 0. The Labute approximate surface area is 396 Å². The van der Waals surface area contributed by atoms with Crippen LogP contribution in [0.4, 0.5) is 11.5 Å². The first kappa shape index (κ1) is 46.4. The maximum Gasteiger partial charge on any atom is 0.264 e. The van der Waals surface area contributed by atoms with Crippen LogP contribution in [-0.2, 0) is 14.4 Å². The summed E-state index contributed by atoms with van der Waals surface area (Å²) in [5, 5.41) is 11.4. The fourth-order valence-corrected chi connectivity index (χ4v) is 10.0. The highest BCUT2D eigenvalue weighted by Crippen LogP contribution is 2.36. The van der Waals surface area contributed by atoms with Gasteiger partial charge in [0.05, 0.1) is 22.6 Å². The van der Waals surface area contributed by atoms with Crippen molar-refractivity contribution in [2.75, 3.05) is 70.0 Å². The summed E-state index contributed by atoms with van der Waals surface area (Å²) in [6, 6.07) is 21.6. The van der Waals surface area contributed by atoms with Gasteiger partial charge in [-0.05, 0) is 100 Å². The summed E-state index contributed by atoms with van der Waals surface area (Å²) in [6.45, 7) is 8.18. The molecule has 0 aliphatic carbocycles. The van der Waals surface area contributed by atoms with Gasteiger partial charge in [-0.3, -0.25) is 34.2 Å². The minimum Gasteiger partial charge on any atom is -0.457 e. The highest BCUT2D eigenvalue weighted by Gasteiger charge is 2.45. The van der Waals surface area contributed by atoms with Gasteiger partial charge in [0.15, 0.2) is 5.65 Å². The van der Waals surface area contributed by atoms with Crippen LogP contribution in [0.3, 0.4) is 0 Å². The Bertz CT molecular complexity index is 2610. The van der Waals surface area contributed by atoms with Crippen molar-refractivity contribution in [3.8, 4) is 22.8 Å². The number of unbranched alkanes of at least 4 members (excludes halogenated alkanes) is 5. The number of nitrogens with zero attached hydrogens (tertiary/aromatic N) is 8. The monoisotopic (exact) mass is 923 g/mol. The number of nitrogen functional groups attached to an aromatic ring is 1. The van der Waals surface area contributed by atoms with Gasteiger partial charge in [-0.15, -0.1) is 0 Å². The molecule has 2 atom stereocenters. The van der Waals surface area contributed by atoms with Crippen LogP contribution in [-0.4, -0.2) is 134 Å². The van der Waals surface area contributed by atoms with Gasteiger partial charge in [-0.2, -0.15) is 5.10 Å². The Morgan fingerprint density at radius 2 is 1.49 bits per heavy atom. The first-order chi connectivity index (χ1) is 33.2. The van der Waals surface area contributed by atoms with Gasteiger partial charge in [0.25, 0.3) is 11.8 Å². The molecule has 68 heavy (non-hydrogen) atoms. The highest BCUT2D eigenvalue weighted by molar-refractivity contribution is 6.25. The van der Waals surface area contributed by atoms with E-state index in [9.17, 15) is 24.0 Å². The molecule has 4 aliphatic rings. The predicted molar refractivity (Wildman–Crippen MR) is 258 cm³/mol. The quantitative estimate of drug-likeness (QED) is 0.0618. The Morgan fingerprint density at radius 1 is 0.765 bits per heavy atom. The van der Waals surface area contributed by atoms with Crippen LogP contribution in [0, 0.1) is 0 Å². The molecule has 4 aliphatic heterocycles. The molecule has 3 aromatic carbocycles. The smallest absolute Gasteiger partial charge is 0.264 e. The molecule has 6 heterocycles. The van der Waals surface area contributed by atoms with Crippen LogP contribution in [0.5, 0.6) is 11.5 Å². The number of aromatic nitrogens is 4. The van der Waals surface area contributed by atoms with Crippen LogP contribution in [0.25, 0.3) is 22.3 Å². The van der Waals surface area contributed by atoms with Gasteiger partial charge in [-0.1, -0.05) is 49.9 Å². The van der Waals surface area contributed by atoms with Crippen molar-refractivity contribution in [3.05, 3.63) is 90.3 Å². The van der Waals surface area contributed by atoms with E-state index in [1.807, 2.05) is 64.2 Å². The molecule has 0 spiro atoms. The maximum atomic E-state index is 13.6. The van der Waals surface area contributed by atoms with Crippen LogP contribution in [0.15, 0.2) is 79.1 Å². The number of carbonyl (C=O) groups is 5. The molecule has 17 heteroatoms. The SMILES string of the molecule is Nc1ncnc2c1c(-c1ccc(Oc3ccccc3)cc1)nn2[C@@H]1CCCN(C(=O)CCCN2CCN(CCCCCCCCNc3cccc4c3C(=O)N(C3CCC(=O)NC3=O)C4=O)CC2)C1. The van der Waals surface area contributed by atoms with E-state index in [0.717, 1.165) is 106 Å². The molecule has 9 rings (SSSR count). The first-order valence-corrected chi connectivity index (χ1v) is 24.3. The van der Waals surface area contributed by atoms with Gasteiger partial charge in [0, 0.05) is 69.9 Å². The van der Waals surface area contributed by atoms with Crippen molar-refractivity contribution < 1.29 is 28.7 Å². The van der Waals surface area contributed by atoms with Crippen LogP contribution < -0.4 is 21.1 Å². The summed E-state index contributed by atoms with van der Waals surface area (Å²) >= 11 is 0. The van der Waals surface area contributed by atoms with Crippen molar-refractivity contribution in [1.82, 2.24) is 44.7 Å². The number of carbonyl (C=O) groups excluding carboxylic acids is 5. The van der Waals surface area contributed by atoms with Gasteiger partial charge in [0.2, 0.25) is 17.7 Å². The molecular weight excluding hydrogens is 863 g/mol. The summed E-state index contributed by atoms with van der Waals surface area (Å²) in [5.41, 5.74) is 9.90. The number of para-hydroxylation sites is 1. The van der Waals surface area contributed by atoms with E-state index in [1.54, 1.807) is 18.2 Å². The molecule has 2 aromatic heterocycles. The number of piperazine rings is 1. The number of fused-ring (bicyclic) bond motifs is 2. The fraction of sp³-hybridized carbons (Fsp3) is 0.451. The normalized spacial score (nSPS) is 19.1. The average Bonchev–Trinajstić information content (AvgIpc) is 3.87. The van der Waals surface area contributed by atoms with Gasteiger partial charge < -0.3 is 30.5 Å². The largest absolute Gasteiger partial charge is 0.457 e. The number of imide groups is 2. The van der Waals surface area contributed by atoms with E-state index in [1.165, 1.54) is 25.6 Å². The highest BCUT2D eigenvalue weighted by atomic mass is 16.5. The number of amides is 5. The fourth-order valence-electron chi connectivity index (χ4n) is 10.0. The second-order valence-corrected chi connectivity index (χ2v) is 18.3. The van der Waals surface area contributed by atoms with E-state index >= 15 is 0 Å². The third kappa shape index (κ3) is 10.5. The molecule has 1 unspecified atom stereocenters. The second kappa shape index (κ2) is 21.5. The lowest BCUT2D eigenvalue weighted by atomic mass is 10.0. The number of rotatable bonds is 19. The molecule has 0 saturated carbocycles. The third-order valence-electron chi connectivity index (χ3n) is 13.7. The lowest BCUT2D eigenvalue weighted by Crippen LogP contribution is -2.54.